The van der Waals surface area contributed by atoms with Crippen molar-refractivity contribution in [1.82, 2.24) is 0 Å². The van der Waals surface area contributed by atoms with Gasteiger partial charge in [0.15, 0.2) is 0 Å². The molecule has 0 fully saturated rings. The quantitative estimate of drug-likeness (QED) is 0.497. The van der Waals surface area contributed by atoms with Gasteiger partial charge in [-0.1, -0.05) is 0 Å². The van der Waals surface area contributed by atoms with Crippen LogP contribution in [-0.2, 0) is 0 Å². The van der Waals surface area contributed by atoms with E-state index in [0.29, 0.717) is 0 Å². The van der Waals surface area contributed by atoms with Crippen LogP contribution in [-0.4, -0.2) is 78.3 Å². The van der Waals surface area contributed by atoms with Crippen molar-refractivity contribution in [2.24, 2.45) is 0 Å². The van der Waals surface area contributed by atoms with Crippen molar-refractivity contribution in [3.63, 3.8) is 0 Å². The molecule has 0 amide bonds. The second kappa shape index (κ2) is 9.52. The number of rotatable bonds is 11. The molecular weight excluding hydrogens is 320 g/mol. The lowest BCUT2D eigenvalue weighted by Crippen LogP contribution is -2.16. The van der Waals surface area contributed by atoms with Crippen LogP contribution in [0.2, 0.25) is 0 Å². The fourth-order valence-electron chi connectivity index (χ4n) is 2.40. The van der Waals surface area contributed by atoms with E-state index in [4.69, 9.17) is 0 Å². The molecule has 0 unspecified atom stereocenters. The SMILES string of the molecule is CS(C)(C)CCCS(C)(CCCS)CCCS(C)(C)C. The summed E-state index contributed by atoms with van der Waals surface area (Å²) in [4.78, 5) is 0. The summed E-state index contributed by atoms with van der Waals surface area (Å²) in [5.41, 5.74) is 0. The van der Waals surface area contributed by atoms with Crippen LogP contribution in [0.25, 0.3) is 0 Å². The van der Waals surface area contributed by atoms with E-state index in [1.54, 1.807) is 0 Å². The fraction of sp³-hybridized carbons (Fsp3) is 1.00. The number of thiol groups is 1. The van der Waals surface area contributed by atoms with Gasteiger partial charge in [-0.25, -0.2) is 30.1 Å². The summed E-state index contributed by atoms with van der Waals surface area (Å²) >= 11 is 4.43. The van der Waals surface area contributed by atoms with E-state index in [9.17, 15) is 0 Å². The molecule has 0 aliphatic carbocycles. The lowest BCUT2D eigenvalue weighted by atomic mass is 10.5. The van der Waals surface area contributed by atoms with Crippen LogP contribution in [0.5, 0.6) is 0 Å². The predicted octanol–water partition coefficient (Wildman–Crippen LogP) is 4.91. The van der Waals surface area contributed by atoms with Crippen LogP contribution in [0.3, 0.4) is 0 Å². The van der Waals surface area contributed by atoms with E-state index < -0.39 is 0 Å². The molecule has 0 rings (SSSR count). The Labute approximate surface area is 140 Å². The molecule has 0 aromatic rings. The topological polar surface area (TPSA) is 0 Å². The molecule has 0 nitrogen and oxygen atoms in total. The predicted molar refractivity (Wildman–Crippen MR) is 116 cm³/mol. The van der Waals surface area contributed by atoms with Crippen molar-refractivity contribution in [3.05, 3.63) is 0 Å². The number of hydrogen-bond acceptors (Lipinski definition) is 1. The first kappa shape index (κ1) is 21.4. The Bertz CT molecular complexity index is 230. The molecule has 0 atom stereocenters. The van der Waals surface area contributed by atoms with E-state index in [0.717, 1.165) is 5.75 Å². The Hall–Kier alpha value is 1.40. The Kier molecular flexibility index (Phi) is 10.2. The molecule has 0 saturated heterocycles. The Morgan fingerprint density at radius 2 is 0.900 bits per heavy atom. The average molecular weight is 361 g/mol. The van der Waals surface area contributed by atoms with Gasteiger partial charge in [-0.05, 0) is 97.6 Å². The van der Waals surface area contributed by atoms with Crippen LogP contribution in [0, 0.1) is 0 Å². The molecule has 20 heavy (non-hydrogen) atoms. The lowest BCUT2D eigenvalue weighted by molar-refractivity contribution is 1.03. The first-order chi connectivity index (χ1) is 8.97. The third-order valence-corrected chi connectivity index (χ3v) is 10.7. The molecule has 0 radical (unpaired) electrons. The first-order valence-corrected chi connectivity index (χ1v) is 16.9. The maximum atomic E-state index is 4.43. The van der Waals surface area contributed by atoms with Crippen molar-refractivity contribution in [3.8, 4) is 0 Å². The normalized spacial score (nSPS) is 16.2. The summed E-state index contributed by atoms with van der Waals surface area (Å²) in [5.74, 6) is 8.45. The standard InChI is InChI=1S/C16H40S4/c1-18(2,3)12-9-15-20(7,14-8-11-17)16-10-13-19(4,5)6/h17H,8-16H2,1-7H3. The zero-order valence-electron chi connectivity index (χ0n) is 15.0. The summed E-state index contributed by atoms with van der Waals surface area (Å²) < 4.78 is 0. The molecule has 0 aromatic heterocycles. The summed E-state index contributed by atoms with van der Waals surface area (Å²) in [5, 5.41) is 0. The summed E-state index contributed by atoms with van der Waals surface area (Å²) in [6, 6.07) is 0. The highest BCUT2D eigenvalue weighted by molar-refractivity contribution is 8.34. The average Bonchev–Trinajstić information content (AvgIpc) is 2.23. The zero-order valence-corrected chi connectivity index (χ0v) is 18.4. The molecule has 0 spiro atoms. The molecular formula is C16H40S4. The Morgan fingerprint density at radius 3 is 1.20 bits per heavy atom. The minimum Gasteiger partial charge on any atom is -0.250 e. The van der Waals surface area contributed by atoms with Gasteiger partial charge in [0.2, 0.25) is 0 Å². The van der Waals surface area contributed by atoms with Crippen LogP contribution < -0.4 is 0 Å². The molecule has 4 heteroatoms. The van der Waals surface area contributed by atoms with E-state index in [2.05, 4.69) is 56.4 Å². The van der Waals surface area contributed by atoms with Gasteiger partial charge in [-0.15, -0.1) is 0 Å². The van der Waals surface area contributed by atoms with Crippen molar-refractivity contribution in [2.45, 2.75) is 19.3 Å². The van der Waals surface area contributed by atoms with Gasteiger partial charge in [0, 0.05) is 0 Å². The van der Waals surface area contributed by atoms with Crippen molar-refractivity contribution in [2.75, 3.05) is 78.3 Å². The highest BCUT2D eigenvalue weighted by atomic mass is 32.3. The fourth-order valence-corrected chi connectivity index (χ4v) is 8.29. The van der Waals surface area contributed by atoms with Gasteiger partial charge in [-0.3, -0.25) is 0 Å². The van der Waals surface area contributed by atoms with Gasteiger partial charge in [0.05, 0.1) is 0 Å². The molecule has 128 valence electrons. The number of hydrogen-bond donors (Lipinski definition) is 1. The second-order valence-electron chi connectivity index (χ2n) is 7.96. The highest BCUT2D eigenvalue weighted by Crippen LogP contribution is 2.49. The monoisotopic (exact) mass is 360 g/mol. The maximum absolute atomic E-state index is 4.43. The molecule has 0 aliphatic heterocycles. The van der Waals surface area contributed by atoms with E-state index in [1.807, 2.05) is 0 Å². The van der Waals surface area contributed by atoms with Gasteiger partial charge < -0.3 is 0 Å². The van der Waals surface area contributed by atoms with Crippen molar-refractivity contribution >= 4 is 42.7 Å². The van der Waals surface area contributed by atoms with Crippen LogP contribution in [0.1, 0.15) is 19.3 Å². The smallest absolute Gasteiger partial charge is 0.00906 e. The lowest BCUT2D eigenvalue weighted by Gasteiger charge is -2.39. The molecule has 0 saturated carbocycles. The summed E-state index contributed by atoms with van der Waals surface area (Å²) in [7, 11) is -0.985. The largest absolute Gasteiger partial charge is 0.250 e. The van der Waals surface area contributed by atoms with E-state index >= 15 is 0 Å². The summed E-state index contributed by atoms with van der Waals surface area (Å²) in [6.45, 7) is 0. The Morgan fingerprint density at radius 1 is 0.550 bits per heavy atom. The third kappa shape index (κ3) is 13.1. The Balaban J connectivity index is 4.27. The third-order valence-electron chi connectivity index (χ3n) is 3.58. The van der Waals surface area contributed by atoms with E-state index in [1.165, 1.54) is 48.0 Å². The molecule has 0 heterocycles. The van der Waals surface area contributed by atoms with Crippen molar-refractivity contribution in [1.29, 1.82) is 0 Å². The molecule has 0 N–H and O–H groups in total. The summed E-state index contributed by atoms with van der Waals surface area (Å²) in [6.07, 6.45) is 21.6. The molecule has 0 aromatic carbocycles. The molecule has 0 bridgehead atoms. The highest BCUT2D eigenvalue weighted by Gasteiger charge is 2.19. The van der Waals surface area contributed by atoms with Gasteiger partial charge in [0.25, 0.3) is 0 Å². The second-order valence-corrected chi connectivity index (χ2v) is 21.8. The van der Waals surface area contributed by atoms with Gasteiger partial charge in [0.1, 0.15) is 0 Å². The van der Waals surface area contributed by atoms with Gasteiger partial charge >= 0.3 is 0 Å². The molecule has 0 aliphatic rings. The minimum atomic E-state index is -0.368. The van der Waals surface area contributed by atoms with Crippen molar-refractivity contribution < 1.29 is 0 Å². The first-order valence-electron chi connectivity index (χ1n) is 7.62. The van der Waals surface area contributed by atoms with Crippen LogP contribution in [0.4, 0.5) is 0 Å². The minimum absolute atomic E-state index is 0.308. The van der Waals surface area contributed by atoms with Crippen LogP contribution >= 0.6 is 42.7 Å². The zero-order chi connectivity index (χ0) is 15.9. The van der Waals surface area contributed by atoms with Crippen LogP contribution in [0.15, 0.2) is 0 Å². The van der Waals surface area contributed by atoms with E-state index in [-0.39, 0.29) is 30.1 Å². The maximum Gasteiger partial charge on any atom is -0.00906 e. The van der Waals surface area contributed by atoms with Gasteiger partial charge in [-0.2, -0.15) is 12.6 Å².